The van der Waals surface area contributed by atoms with E-state index >= 15 is 0 Å². The van der Waals surface area contributed by atoms with Crippen LogP contribution in [0.15, 0.2) is 18.3 Å². The Hall–Kier alpha value is -1.58. The van der Waals surface area contributed by atoms with E-state index in [1.54, 1.807) is 13.1 Å². The molecule has 0 aromatic carbocycles. The highest BCUT2D eigenvalue weighted by Gasteiger charge is 2.12. The lowest BCUT2D eigenvalue weighted by atomic mass is 10.3. The molecular weight excluding hydrogens is 180 g/mol. The number of carbonyl (C=O) groups is 1. The molecule has 0 radical (unpaired) electrons. The van der Waals surface area contributed by atoms with Gasteiger partial charge in [-0.15, -0.1) is 0 Å². The van der Waals surface area contributed by atoms with Crippen LogP contribution in [0.2, 0.25) is 0 Å². The first-order valence-electron chi connectivity index (χ1n) is 4.40. The number of hydrogen-bond acceptors (Lipinski definition) is 4. The van der Waals surface area contributed by atoms with Crippen molar-refractivity contribution >= 4 is 11.8 Å². The van der Waals surface area contributed by atoms with Crippen LogP contribution in [0.4, 0.5) is 5.82 Å². The maximum Gasteiger partial charge on any atom is 0.328 e. The molecule has 0 aliphatic rings. The van der Waals surface area contributed by atoms with Crippen molar-refractivity contribution in [1.82, 2.24) is 4.98 Å². The smallest absolute Gasteiger partial charge is 0.328 e. The molecule has 0 spiro atoms. The first kappa shape index (κ1) is 10.5. The summed E-state index contributed by atoms with van der Waals surface area (Å²) in [6, 6.07) is 3.38. The number of esters is 1. The van der Waals surface area contributed by atoms with Crippen molar-refractivity contribution in [3.63, 3.8) is 0 Å². The van der Waals surface area contributed by atoms with Crippen LogP contribution >= 0.6 is 0 Å². The molecule has 1 aromatic rings. The number of nitrogens with one attached hydrogen (secondary N) is 1. The van der Waals surface area contributed by atoms with E-state index in [4.69, 9.17) is 0 Å². The molecular formula is C10H14N2O2. The molecule has 0 amide bonds. The van der Waals surface area contributed by atoms with Gasteiger partial charge in [-0.25, -0.2) is 9.78 Å². The van der Waals surface area contributed by atoms with Gasteiger partial charge in [-0.05, 0) is 25.5 Å². The molecule has 4 heteroatoms. The van der Waals surface area contributed by atoms with E-state index in [2.05, 4.69) is 15.0 Å². The Kier molecular flexibility index (Phi) is 3.45. The Balaban J connectivity index is 2.60. The summed E-state index contributed by atoms with van der Waals surface area (Å²) < 4.78 is 4.58. The van der Waals surface area contributed by atoms with Crippen LogP contribution in [0, 0.1) is 6.92 Å². The van der Waals surface area contributed by atoms with Gasteiger partial charge in [0.1, 0.15) is 11.9 Å². The minimum absolute atomic E-state index is 0.299. The van der Waals surface area contributed by atoms with E-state index in [0.717, 1.165) is 5.56 Å². The van der Waals surface area contributed by atoms with E-state index in [1.165, 1.54) is 7.11 Å². The van der Waals surface area contributed by atoms with Crippen molar-refractivity contribution in [3.8, 4) is 0 Å². The van der Waals surface area contributed by atoms with E-state index in [1.807, 2.05) is 19.1 Å². The van der Waals surface area contributed by atoms with Gasteiger partial charge in [0.05, 0.1) is 7.11 Å². The maximum atomic E-state index is 11.1. The molecule has 4 nitrogen and oxygen atoms in total. The summed E-state index contributed by atoms with van der Waals surface area (Å²) in [7, 11) is 1.36. The van der Waals surface area contributed by atoms with Gasteiger partial charge in [-0.2, -0.15) is 0 Å². The second-order valence-electron chi connectivity index (χ2n) is 3.11. The zero-order chi connectivity index (χ0) is 10.6. The largest absolute Gasteiger partial charge is 0.467 e. The van der Waals surface area contributed by atoms with Crippen molar-refractivity contribution in [2.24, 2.45) is 0 Å². The summed E-state index contributed by atoms with van der Waals surface area (Å²) in [5.74, 6) is 0.376. The summed E-state index contributed by atoms with van der Waals surface area (Å²) in [4.78, 5) is 15.2. The number of aromatic nitrogens is 1. The molecule has 1 heterocycles. The Morgan fingerprint density at radius 2 is 2.29 bits per heavy atom. The molecule has 76 valence electrons. The third kappa shape index (κ3) is 2.73. The normalized spacial score (nSPS) is 11.9. The van der Waals surface area contributed by atoms with Gasteiger partial charge >= 0.3 is 5.97 Å². The molecule has 0 bridgehead atoms. The Labute approximate surface area is 83.3 Å². The summed E-state index contributed by atoms with van der Waals surface area (Å²) in [5, 5.41) is 2.93. The number of carbonyl (C=O) groups excluding carboxylic acids is 1. The van der Waals surface area contributed by atoms with E-state index in [-0.39, 0.29) is 12.0 Å². The number of aryl methyl sites for hydroxylation is 1. The standard InChI is InChI=1S/C10H14N2O2/c1-7-4-5-9(11-6-7)12-8(2)10(13)14-3/h4-6,8H,1-3H3,(H,11,12). The molecule has 1 aromatic heterocycles. The maximum absolute atomic E-state index is 11.1. The minimum Gasteiger partial charge on any atom is -0.467 e. The summed E-state index contributed by atoms with van der Waals surface area (Å²) in [5.41, 5.74) is 1.08. The van der Waals surface area contributed by atoms with Crippen LogP contribution in [0.5, 0.6) is 0 Å². The molecule has 0 saturated carbocycles. The van der Waals surface area contributed by atoms with E-state index in [9.17, 15) is 4.79 Å². The average molecular weight is 194 g/mol. The minimum atomic E-state index is -0.379. The fourth-order valence-electron chi connectivity index (χ4n) is 1.01. The molecule has 14 heavy (non-hydrogen) atoms. The highest BCUT2D eigenvalue weighted by molar-refractivity contribution is 5.78. The number of anilines is 1. The number of nitrogens with zero attached hydrogens (tertiary/aromatic N) is 1. The second kappa shape index (κ2) is 4.60. The van der Waals surface area contributed by atoms with E-state index < -0.39 is 0 Å². The van der Waals surface area contributed by atoms with Crippen LogP contribution in [-0.4, -0.2) is 24.1 Å². The highest BCUT2D eigenvalue weighted by atomic mass is 16.5. The third-order valence-electron chi connectivity index (χ3n) is 1.83. The van der Waals surface area contributed by atoms with Gasteiger partial charge in [0, 0.05) is 6.20 Å². The quantitative estimate of drug-likeness (QED) is 0.738. The fraction of sp³-hybridized carbons (Fsp3) is 0.400. The lowest BCUT2D eigenvalue weighted by Crippen LogP contribution is -2.27. The molecule has 1 atom stereocenters. The van der Waals surface area contributed by atoms with E-state index in [0.29, 0.717) is 5.82 Å². The van der Waals surface area contributed by atoms with Gasteiger partial charge in [-0.1, -0.05) is 6.07 Å². The molecule has 1 unspecified atom stereocenters. The Morgan fingerprint density at radius 1 is 1.57 bits per heavy atom. The van der Waals surface area contributed by atoms with Crippen molar-refractivity contribution < 1.29 is 9.53 Å². The first-order valence-corrected chi connectivity index (χ1v) is 4.40. The Bertz CT molecular complexity index is 308. The monoisotopic (exact) mass is 194 g/mol. The van der Waals surface area contributed by atoms with Crippen LogP contribution in [0.25, 0.3) is 0 Å². The number of hydrogen-bond donors (Lipinski definition) is 1. The summed E-state index contributed by atoms with van der Waals surface area (Å²) >= 11 is 0. The van der Waals surface area contributed by atoms with Crippen LogP contribution in [0.3, 0.4) is 0 Å². The van der Waals surface area contributed by atoms with Crippen molar-refractivity contribution in [1.29, 1.82) is 0 Å². The van der Waals surface area contributed by atoms with Crippen molar-refractivity contribution in [2.75, 3.05) is 12.4 Å². The number of methoxy groups -OCH3 is 1. The summed E-state index contributed by atoms with van der Waals surface area (Å²) in [6.45, 7) is 3.69. The van der Waals surface area contributed by atoms with Gasteiger partial charge in [0.15, 0.2) is 0 Å². The van der Waals surface area contributed by atoms with Crippen LogP contribution in [-0.2, 0) is 9.53 Å². The van der Waals surface area contributed by atoms with Gasteiger partial charge in [-0.3, -0.25) is 0 Å². The Morgan fingerprint density at radius 3 is 2.79 bits per heavy atom. The first-order chi connectivity index (χ1) is 6.63. The zero-order valence-corrected chi connectivity index (χ0v) is 8.57. The molecule has 1 N–H and O–H groups in total. The summed E-state index contributed by atoms with van der Waals surface area (Å²) in [6.07, 6.45) is 1.74. The molecule has 0 fully saturated rings. The SMILES string of the molecule is COC(=O)C(C)Nc1ccc(C)cn1. The van der Waals surface area contributed by atoms with Crippen LogP contribution < -0.4 is 5.32 Å². The second-order valence-corrected chi connectivity index (χ2v) is 3.11. The molecule has 0 aliphatic carbocycles. The van der Waals surface area contributed by atoms with Crippen molar-refractivity contribution in [3.05, 3.63) is 23.9 Å². The zero-order valence-electron chi connectivity index (χ0n) is 8.57. The predicted molar refractivity (Wildman–Crippen MR) is 54.1 cm³/mol. The predicted octanol–water partition coefficient (Wildman–Crippen LogP) is 1.36. The van der Waals surface area contributed by atoms with Gasteiger partial charge in [0.2, 0.25) is 0 Å². The van der Waals surface area contributed by atoms with Gasteiger partial charge in [0.25, 0.3) is 0 Å². The van der Waals surface area contributed by atoms with Crippen molar-refractivity contribution in [2.45, 2.75) is 19.9 Å². The molecule has 0 aliphatic heterocycles. The van der Waals surface area contributed by atoms with Gasteiger partial charge < -0.3 is 10.1 Å². The number of ether oxygens (including phenoxy) is 1. The average Bonchev–Trinajstić information content (AvgIpc) is 2.20. The lowest BCUT2D eigenvalue weighted by Gasteiger charge is -2.11. The topological polar surface area (TPSA) is 51.2 Å². The highest BCUT2D eigenvalue weighted by Crippen LogP contribution is 2.05. The fourth-order valence-corrected chi connectivity index (χ4v) is 1.01. The van der Waals surface area contributed by atoms with Crippen LogP contribution in [0.1, 0.15) is 12.5 Å². The lowest BCUT2D eigenvalue weighted by molar-refractivity contribution is -0.141. The molecule has 1 rings (SSSR count). The number of pyridine rings is 1. The third-order valence-corrected chi connectivity index (χ3v) is 1.83. The number of rotatable bonds is 3. The molecule has 0 saturated heterocycles.